The zero-order valence-electron chi connectivity index (χ0n) is 19.8. The lowest BCUT2D eigenvalue weighted by Gasteiger charge is -2.22. The monoisotopic (exact) mass is 444 g/mol. The third kappa shape index (κ3) is 5.69. The highest BCUT2D eigenvalue weighted by Gasteiger charge is 2.34. The number of hydrogen-bond donors (Lipinski definition) is 1. The minimum atomic E-state index is -0.228. The fraction of sp³-hybridized carbons (Fsp3) is 0.370. The summed E-state index contributed by atoms with van der Waals surface area (Å²) in [6.07, 6.45) is 1.81. The SMILES string of the molecule is Cc1ccc(-n2nc(C(C)(C)C)cc2NC(=O)CN(Cc2ccccc2)C(=O)C2CC2)cc1. The van der Waals surface area contributed by atoms with Crippen LogP contribution in [-0.2, 0) is 21.5 Å². The van der Waals surface area contributed by atoms with Gasteiger partial charge >= 0.3 is 0 Å². The number of anilines is 1. The first-order valence-electron chi connectivity index (χ1n) is 11.5. The van der Waals surface area contributed by atoms with Crippen LogP contribution in [0.4, 0.5) is 5.82 Å². The van der Waals surface area contributed by atoms with Crippen molar-refractivity contribution in [2.45, 2.75) is 52.5 Å². The maximum absolute atomic E-state index is 13.1. The molecule has 3 aromatic rings. The normalized spacial score (nSPS) is 13.6. The van der Waals surface area contributed by atoms with Crippen LogP contribution in [-0.4, -0.2) is 33.0 Å². The maximum atomic E-state index is 13.1. The number of hydrogen-bond acceptors (Lipinski definition) is 3. The van der Waals surface area contributed by atoms with E-state index in [0.717, 1.165) is 35.3 Å². The molecule has 0 saturated heterocycles. The fourth-order valence-electron chi connectivity index (χ4n) is 3.68. The molecule has 1 saturated carbocycles. The summed E-state index contributed by atoms with van der Waals surface area (Å²) in [5.41, 5.74) is 3.76. The van der Waals surface area contributed by atoms with E-state index < -0.39 is 0 Å². The van der Waals surface area contributed by atoms with E-state index >= 15 is 0 Å². The highest BCUT2D eigenvalue weighted by Crippen LogP contribution is 2.31. The van der Waals surface area contributed by atoms with Crippen molar-refractivity contribution in [3.05, 3.63) is 77.5 Å². The number of nitrogens with zero attached hydrogens (tertiary/aromatic N) is 3. The molecule has 0 atom stereocenters. The predicted molar refractivity (Wildman–Crippen MR) is 130 cm³/mol. The number of carbonyl (C=O) groups excluding carboxylic acids is 2. The Labute approximate surface area is 195 Å². The van der Waals surface area contributed by atoms with Crippen LogP contribution in [0.3, 0.4) is 0 Å². The van der Waals surface area contributed by atoms with Gasteiger partial charge in [-0.1, -0.05) is 68.8 Å². The topological polar surface area (TPSA) is 67.2 Å². The predicted octanol–water partition coefficient (Wildman–Crippen LogP) is 4.86. The molecular formula is C27H32N4O2. The molecule has 0 unspecified atom stereocenters. The van der Waals surface area contributed by atoms with Crippen LogP contribution in [0.5, 0.6) is 0 Å². The van der Waals surface area contributed by atoms with Crippen molar-refractivity contribution in [3.63, 3.8) is 0 Å². The Bertz CT molecular complexity index is 1120. The molecule has 6 nitrogen and oxygen atoms in total. The van der Waals surface area contributed by atoms with E-state index in [1.807, 2.05) is 67.6 Å². The highest BCUT2D eigenvalue weighted by molar-refractivity contribution is 5.94. The third-order valence-corrected chi connectivity index (χ3v) is 5.81. The maximum Gasteiger partial charge on any atom is 0.245 e. The molecule has 172 valence electrons. The molecular weight excluding hydrogens is 412 g/mol. The van der Waals surface area contributed by atoms with E-state index in [9.17, 15) is 9.59 Å². The molecule has 1 aliphatic carbocycles. The van der Waals surface area contributed by atoms with Gasteiger partial charge in [0.05, 0.1) is 11.4 Å². The molecule has 33 heavy (non-hydrogen) atoms. The Hall–Kier alpha value is -3.41. The van der Waals surface area contributed by atoms with Crippen molar-refractivity contribution >= 4 is 17.6 Å². The van der Waals surface area contributed by atoms with Crippen LogP contribution in [0.1, 0.15) is 50.4 Å². The second-order valence-corrected chi connectivity index (χ2v) is 9.91. The molecule has 1 aromatic heterocycles. The number of nitrogens with one attached hydrogen (secondary N) is 1. The van der Waals surface area contributed by atoms with Crippen molar-refractivity contribution in [1.82, 2.24) is 14.7 Å². The summed E-state index contributed by atoms with van der Waals surface area (Å²) in [7, 11) is 0. The molecule has 0 bridgehead atoms. The quantitative estimate of drug-likeness (QED) is 0.566. The molecule has 1 N–H and O–H groups in total. The van der Waals surface area contributed by atoms with Gasteiger partial charge in [0.2, 0.25) is 11.8 Å². The Morgan fingerprint density at radius 2 is 1.73 bits per heavy atom. The van der Waals surface area contributed by atoms with Crippen LogP contribution in [0, 0.1) is 12.8 Å². The number of benzene rings is 2. The van der Waals surface area contributed by atoms with Crippen LogP contribution in [0.15, 0.2) is 60.7 Å². The fourth-order valence-corrected chi connectivity index (χ4v) is 3.68. The van der Waals surface area contributed by atoms with E-state index in [1.54, 1.807) is 9.58 Å². The molecule has 2 aromatic carbocycles. The zero-order chi connectivity index (χ0) is 23.6. The van der Waals surface area contributed by atoms with E-state index in [2.05, 4.69) is 26.1 Å². The van der Waals surface area contributed by atoms with Crippen LogP contribution in [0.25, 0.3) is 5.69 Å². The summed E-state index contributed by atoms with van der Waals surface area (Å²) >= 11 is 0. The number of rotatable bonds is 7. The lowest BCUT2D eigenvalue weighted by atomic mass is 9.92. The van der Waals surface area contributed by atoms with Crippen molar-refractivity contribution in [3.8, 4) is 5.69 Å². The van der Waals surface area contributed by atoms with Gasteiger partial charge in [0.15, 0.2) is 0 Å². The highest BCUT2D eigenvalue weighted by atomic mass is 16.2. The number of aromatic nitrogens is 2. The molecule has 1 heterocycles. The Morgan fingerprint density at radius 1 is 1.06 bits per heavy atom. The molecule has 4 rings (SSSR count). The summed E-state index contributed by atoms with van der Waals surface area (Å²) in [6, 6.07) is 19.7. The van der Waals surface area contributed by atoms with Gasteiger partial charge in [0.25, 0.3) is 0 Å². The minimum absolute atomic E-state index is 0.00809. The van der Waals surface area contributed by atoms with Crippen molar-refractivity contribution < 1.29 is 9.59 Å². The number of aryl methyl sites for hydroxylation is 1. The van der Waals surface area contributed by atoms with Gasteiger partial charge in [-0.25, -0.2) is 4.68 Å². The van der Waals surface area contributed by atoms with Gasteiger partial charge in [-0.3, -0.25) is 9.59 Å². The Morgan fingerprint density at radius 3 is 2.33 bits per heavy atom. The molecule has 0 aliphatic heterocycles. The number of carbonyl (C=O) groups is 2. The minimum Gasteiger partial charge on any atom is -0.329 e. The lowest BCUT2D eigenvalue weighted by Crippen LogP contribution is -2.38. The molecule has 2 amide bonds. The van der Waals surface area contributed by atoms with Gasteiger partial charge in [0.1, 0.15) is 12.4 Å². The third-order valence-electron chi connectivity index (χ3n) is 5.81. The van der Waals surface area contributed by atoms with E-state index in [4.69, 9.17) is 5.10 Å². The molecule has 1 aliphatic rings. The summed E-state index contributed by atoms with van der Waals surface area (Å²) in [5.74, 6) is 0.476. The van der Waals surface area contributed by atoms with Crippen LogP contribution in [0.2, 0.25) is 0 Å². The zero-order valence-corrected chi connectivity index (χ0v) is 19.8. The second-order valence-electron chi connectivity index (χ2n) is 9.91. The van der Waals surface area contributed by atoms with Crippen molar-refractivity contribution in [2.24, 2.45) is 5.92 Å². The van der Waals surface area contributed by atoms with E-state index in [0.29, 0.717) is 12.4 Å². The molecule has 1 fully saturated rings. The second kappa shape index (κ2) is 9.22. The van der Waals surface area contributed by atoms with Gasteiger partial charge in [-0.2, -0.15) is 5.10 Å². The Kier molecular flexibility index (Phi) is 6.36. The van der Waals surface area contributed by atoms with Gasteiger partial charge in [0, 0.05) is 23.9 Å². The van der Waals surface area contributed by atoms with Gasteiger partial charge in [-0.05, 0) is 37.5 Å². The van der Waals surface area contributed by atoms with Crippen LogP contribution >= 0.6 is 0 Å². The summed E-state index contributed by atoms with van der Waals surface area (Å²) in [6.45, 7) is 8.75. The Balaban J connectivity index is 1.56. The molecule has 6 heteroatoms. The first kappa shape index (κ1) is 22.8. The van der Waals surface area contributed by atoms with Gasteiger partial charge in [-0.15, -0.1) is 0 Å². The van der Waals surface area contributed by atoms with E-state index in [1.165, 1.54) is 0 Å². The average molecular weight is 445 g/mol. The van der Waals surface area contributed by atoms with E-state index in [-0.39, 0.29) is 29.7 Å². The summed E-state index contributed by atoms with van der Waals surface area (Å²) < 4.78 is 1.77. The summed E-state index contributed by atoms with van der Waals surface area (Å²) in [4.78, 5) is 27.7. The van der Waals surface area contributed by atoms with Crippen LogP contribution < -0.4 is 5.32 Å². The first-order valence-corrected chi connectivity index (χ1v) is 11.5. The average Bonchev–Trinajstić information content (AvgIpc) is 3.53. The van der Waals surface area contributed by atoms with Crippen molar-refractivity contribution in [1.29, 1.82) is 0 Å². The summed E-state index contributed by atoms with van der Waals surface area (Å²) in [5, 5.41) is 7.79. The molecule has 0 spiro atoms. The first-order chi connectivity index (χ1) is 15.7. The van der Waals surface area contributed by atoms with Gasteiger partial charge < -0.3 is 10.2 Å². The molecule has 0 radical (unpaired) electrons. The standard InChI is InChI=1S/C27H32N4O2/c1-19-10-14-22(15-11-19)31-24(16-23(29-31)27(2,3)4)28-25(32)18-30(26(33)21-12-13-21)17-20-8-6-5-7-9-20/h5-11,14-16,21H,12-13,17-18H2,1-4H3,(H,28,32). The lowest BCUT2D eigenvalue weighted by molar-refractivity contribution is -0.136. The number of amides is 2. The largest absolute Gasteiger partial charge is 0.329 e. The van der Waals surface area contributed by atoms with Crippen molar-refractivity contribution in [2.75, 3.05) is 11.9 Å². The smallest absolute Gasteiger partial charge is 0.245 e.